The second kappa shape index (κ2) is 9.69. The number of carbonyl (C=O) groups excluding carboxylic acids is 2. The van der Waals surface area contributed by atoms with Crippen LogP contribution in [0, 0.1) is 0 Å². The maximum Gasteiger partial charge on any atom is 0.352 e. The molecule has 2 amide bonds. The molecule has 0 saturated carbocycles. The number of rotatable bonds is 10. The number of hydrogen-bond donors (Lipinski definition) is 4. The zero-order chi connectivity index (χ0) is 27.2. The highest BCUT2D eigenvalue weighted by Crippen LogP contribution is 2.57. The van der Waals surface area contributed by atoms with Crippen LogP contribution < -0.4 is 15.2 Å². The number of nitrogens with one attached hydrogen (secondary N) is 2. The van der Waals surface area contributed by atoms with Crippen molar-refractivity contribution in [2.75, 3.05) is 19.4 Å². The van der Waals surface area contributed by atoms with Gasteiger partial charge < -0.3 is 19.7 Å². The molecule has 20 heteroatoms. The monoisotopic (exact) mass is 585 g/mol. The van der Waals surface area contributed by atoms with E-state index < -0.39 is 44.2 Å². The summed E-state index contributed by atoms with van der Waals surface area (Å²) in [5, 5.41) is 32.1. The molecular formula is C18H19N9O8S3. The Morgan fingerprint density at radius 3 is 2.87 bits per heavy atom. The molecule has 17 nitrogen and oxygen atoms in total. The Hall–Kier alpha value is -3.46. The molecule has 5 N–H and O–H groups in total. The first-order chi connectivity index (χ1) is 18.1. The van der Waals surface area contributed by atoms with Gasteiger partial charge in [-0.1, -0.05) is 5.16 Å². The summed E-state index contributed by atoms with van der Waals surface area (Å²) in [5.41, 5.74) is -0.151. The van der Waals surface area contributed by atoms with Gasteiger partial charge in [-0.05, 0) is 46.5 Å². The molecule has 1 fully saturated rings. The number of amides is 2. The van der Waals surface area contributed by atoms with Crippen molar-refractivity contribution >= 4 is 57.4 Å². The van der Waals surface area contributed by atoms with Gasteiger partial charge in [0.2, 0.25) is 5.71 Å². The molecule has 3 aliphatic rings. The van der Waals surface area contributed by atoms with Crippen LogP contribution in [0.5, 0.6) is 0 Å². The standard InChI is InChI=1S/C18H19N9O8S3/c1-34-23-10(9-3-2-6-35-9)13(28)21-11-14(29)26-12(16(30)31)8(7-36-15(11)26)18(4-5-20-38(19,32)33)17-22-24-25-27(17)37-18/h2-3,6,11,15,20H,4-5,7H2,1H3,(H,21,28)(H,30,31)(H2,19,32,33)/b23-10-/t11?,15-,18?/m0/s1. The van der Waals surface area contributed by atoms with Gasteiger partial charge in [0.1, 0.15) is 29.0 Å². The molecule has 2 aromatic heterocycles. The summed E-state index contributed by atoms with van der Waals surface area (Å²) >= 11 is 2.33. The Labute approximate surface area is 222 Å². The van der Waals surface area contributed by atoms with Gasteiger partial charge in [-0.3, -0.25) is 14.5 Å². The lowest BCUT2D eigenvalue weighted by Gasteiger charge is -2.52. The van der Waals surface area contributed by atoms with Crippen LogP contribution in [-0.4, -0.2) is 92.4 Å². The maximum absolute atomic E-state index is 13.2. The minimum absolute atomic E-state index is 0.0635. The molecule has 202 valence electrons. The van der Waals surface area contributed by atoms with Gasteiger partial charge in [-0.25, -0.2) is 14.7 Å². The number of carbonyl (C=O) groups is 3. The smallest absolute Gasteiger partial charge is 0.352 e. The molecule has 2 unspecified atom stereocenters. The highest BCUT2D eigenvalue weighted by molar-refractivity contribution is 8.01. The van der Waals surface area contributed by atoms with Crippen molar-refractivity contribution in [3.8, 4) is 0 Å². The highest BCUT2D eigenvalue weighted by Gasteiger charge is 2.60. The van der Waals surface area contributed by atoms with E-state index in [-0.39, 0.29) is 35.9 Å². The molecule has 0 aliphatic carbocycles. The predicted octanol–water partition coefficient (Wildman–Crippen LogP) is -2.06. The Morgan fingerprint density at radius 2 is 2.24 bits per heavy atom. The Balaban J connectivity index is 1.42. The number of aromatic nitrogens is 4. The highest BCUT2D eigenvalue weighted by atomic mass is 32.2. The molecule has 0 bridgehead atoms. The number of fused-ring (bicyclic) bond motifs is 2. The minimum atomic E-state index is -4.00. The summed E-state index contributed by atoms with van der Waals surface area (Å²) in [5.74, 6) is -2.20. The third-order valence-corrected chi connectivity index (χ3v) is 9.17. The Kier molecular flexibility index (Phi) is 6.67. The molecule has 2 aromatic rings. The number of thioether (sulfide) groups is 1. The van der Waals surface area contributed by atoms with Gasteiger partial charge in [-0.2, -0.15) is 12.5 Å². The Morgan fingerprint density at radius 1 is 1.45 bits per heavy atom. The number of carboxylic acid groups (broad SMARTS) is 1. The first kappa shape index (κ1) is 26.2. The molecule has 0 aromatic carbocycles. The number of β-lactam (4-membered cyclic amide) rings is 1. The number of nitrogens with zero attached hydrogens (tertiary/aromatic N) is 6. The SMILES string of the molecule is CO/N=C(\C(=O)NC1C(=O)N2C(C(=O)O)=C(C3(CCNS(N)(=O)=O)Sn4nnnc43)CS[C@@H]12)c1ccco1. The summed E-state index contributed by atoms with van der Waals surface area (Å²) in [6.07, 6.45) is 1.41. The lowest BCUT2D eigenvalue weighted by molar-refractivity contribution is -0.150. The first-order valence-corrected chi connectivity index (χ1v) is 14.1. The van der Waals surface area contributed by atoms with E-state index in [1.54, 1.807) is 6.07 Å². The van der Waals surface area contributed by atoms with Gasteiger partial charge in [0, 0.05) is 12.3 Å². The van der Waals surface area contributed by atoms with E-state index in [1.807, 2.05) is 0 Å². The lowest BCUT2D eigenvalue weighted by Crippen LogP contribution is -2.71. The van der Waals surface area contributed by atoms with Crippen LogP contribution in [0.1, 0.15) is 18.0 Å². The molecule has 38 heavy (non-hydrogen) atoms. The largest absolute Gasteiger partial charge is 0.477 e. The average Bonchev–Trinajstić information content (AvgIpc) is 3.52. The minimum Gasteiger partial charge on any atom is -0.477 e. The van der Waals surface area contributed by atoms with Crippen LogP contribution in [0.4, 0.5) is 0 Å². The van der Waals surface area contributed by atoms with E-state index in [0.717, 1.165) is 16.8 Å². The number of hydrogen-bond acceptors (Lipinski definition) is 13. The fraction of sp³-hybridized carbons (Fsp3) is 0.389. The third kappa shape index (κ3) is 4.32. The number of furan rings is 1. The summed E-state index contributed by atoms with van der Waals surface area (Å²) in [6, 6.07) is 2.00. The topological polar surface area (TPSA) is 237 Å². The molecule has 1 saturated heterocycles. The van der Waals surface area contributed by atoms with Crippen LogP contribution in [0.25, 0.3) is 0 Å². The number of aliphatic carboxylic acids is 1. The van der Waals surface area contributed by atoms with Crippen LogP contribution in [0.15, 0.2) is 39.2 Å². The lowest BCUT2D eigenvalue weighted by atomic mass is 9.90. The zero-order valence-corrected chi connectivity index (χ0v) is 21.7. The van der Waals surface area contributed by atoms with Crippen molar-refractivity contribution in [2.45, 2.75) is 22.6 Å². The number of nitrogens with two attached hydrogens (primary N) is 1. The van der Waals surface area contributed by atoms with Crippen LogP contribution in [-0.2, 0) is 34.2 Å². The zero-order valence-electron chi connectivity index (χ0n) is 19.3. The first-order valence-electron chi connectivity index (χ1n) is 10.7. The van der Waals surface area contributed by atoms with E-state index in [0.29, 0.717) is 11.4 Å². The Bertz CT molecular complexity index is 1470. The summed E-state index contributed by atoms with van der Waals surface area (Å²) < 4.78 is 30.4. The van der Waals surface area contributed by atoms with E-state index in [9.17, 15) is 27.9 Å². The van der Waals surface area contributed by atoms with Gasteiger partial charge in [0.15, 0.2) is 11.6 Å². The quantitative estimate of drug-likeness (QED) is 0.133. The maximum atomic E-state index is 13.2. The molecule has 3 aliphatic heterocycles. The van der Waals surface area contributed by atoms with Crippen LogP contribution in [0.2, 0.25) is 0 Å². The van der Waals surface area contributed by atoms with Gasteiger partial charge in [0.05, 0.1) is 6.26 Å². The van der Waals surface area contributed by atoms with Gasteiger partial charge in [0.25, 0.3) is 22.0 Å². The molecular weight excluding hydrogens is 566 g/mol. The third-order valence-electron chi connectivity index (χ3n) is 5.92. The second-order valence-electron chi connectivity index (χ2n) is 8.08. The molecule has 3 atom stereocenters. The normalized spacial score (nSPS) is 24.7. The van der Waals surface area contributed by atoms with Crippen LogP contribution >= 0.6 is 23.7 Å². The van der Waals surface area contributed by atoms with Crippen molar-refractivity contribution in [3.05, 3.63) is 41.3 Å². The second-order valence-corrected chi connectivity index (χ2v) is 11.8. The van der Waals surface area contributed by atoms with Crippen molar-refractivity contribution < 1.29 is 37.2 Å². The summed E-state index contributed by atoms with van der Waals surface area (Å²) in [6.45, 7) is -0.135. The van der Waals surface area contributed by atoms with Crippen molar-refractivity contribution in [1.29, 1.82) is 0 Å². The molecule has 0 radical (unpaired) electrons. The number of oxime groups is 1. The van der Waals surface area contributed by atoms with Crippen molar-refractivity contribution in [2.24, 2.45) is 10.3 Å². The van der Waals surface area contributed by atoms with E-state index in [1.165, 1.54) is 35.3 Å². The molecule has 5 rings (SSSR count). The molecule has 0 spiro atoms. The van der Waals surface area contributed by atoms with Crippen molar-refractivity contribution in [3.63, 3.8) is 0 Å². The molecule has 5 heterocycles. The van der Waals surface area contributed by atoms with Crippen LogP contribution in [0.3, 0.4) is 0 Å². The fourth-order valence-corrected chi connectivity index (χ4v) is 7.46. The van der Waals surface area contributed by atoms with Gasteiger partial charge in [-0.15, -0.1) is 16.9 Å². The van der Waals surface area contributed by atoms with Gasteiger partial charge >= 0.3 is 5.97 Å². The summed E-state index contributed by atoms with van der Waals surface area (Å²) in [4.78, 5) is 44.3. The number of tetrazole rings is 1. The fourth-order valence-electron chi connectivity index (χ4n) is 4.33. The predicted molar refractivity (Wildman–Crippen MR) is 130 cm³/mol. The van der Waals surface area contributed by atoms with E-state index in [2.05, 4.69) is 30.7 Å². The van der Waals surface area contributed by atoms with E-state index in [4.69, 9.17) is 14.4 Å². The van der Waals surface area contributed by atoms with Crippen molar-refractivity contribution in [1.82, 2.24) is 34.6 Å². The number of carboxylic acids is 1. The van der Waals surface area contributed by atoms with E-state index >= 15 is 0 Å². The average molecular weight is 586 g/mol. The summed E-state index contributed by atoms with van der Waals surface area (Å²) in [7, 11) is -2.76.